The highest BCUT2D eigenvalue weighted by Crippen LogP contribution is 2.17. The van der Waals surface area contributed by atoms with Gasteiger partial charge in [-0.15, -0.1) is 0 Å². The van der Waals surface area contributed by atoms with Crippen molar-refractivity contribution in [2.45, 2.75) is 31.8 Å². The van der Waals surface area contributed by atoms with Crippen LogP contribution in [0.4, 0.5) is 10.1 Å². The van der Waals surface area contributed by atoms with Crippen molar-refractivity contribution in [2.24, 2.45) is 5.73 Å². The summed E-state index contributed by atoms with van der Waals surface area (Å²) in [6, 6.07) is 21.8. The van der Waals surface area contributed by atoms with Gasteiger partial charge in [-0.3, -0.25) is 14.5 Å². The summed E-state index contributed by atoms with van der Waals surface area (Å²) in [6.45, 7) is 1.27. The molecule has 0 saturated carbocycles. The van der Waals surface area contributed by atoms with Crippen molar-refractivity contribution in [1.29, 1.82) is 0 Å². The van der Waals surface area contributed by atoms with Crippen LogP contribution in [0.1, 0.15) is 40.7 Å². The van der Waals surface area contributed by atoms with E-state index in [-0.39, 0.29) is 11.7 Å². The lowest BCUT2D eigenvalue weighted by Gasteiger charge is -2.28. The number of anilines is 1. The molecule has 0 heterocycles. The van der Waals surface area contributed by atoms with Crippen LogP contribution in [0.2, 0.25) is 0 Å². The Bertz CT molecular complexity index is 1150. The first kappa shape index (κ1) is 26.8. The summed E-state index contributed by atoms with van der Waals surface area (Å²) in [5.41, 5.74) is 8.54. The maximum absolute atomic E-state index is 13.4. The molecule has 0 unspecified atom stereocenters. The Hall–Kier alpha value is -3.81. The minimum Gasteiger partial charge on any atom is -0.480 e. The van der Waals surface area contributed by atoms with Crippen molar-refractivity contribution in [3.63, 3.8) is 0 Å². The predicted octanol–water partition coefficient (Wildman–Crippen LogP) is 5.18. The highest BCUT2D eigenvalue weighted by atomic mass is 19.1. The van der Waals surface area contributed by atoms with Crippen molar-refractivity contribution in [3.8, 4) is 0 Å². The molecule has 0 spiro atoms. The number of nitrogens with zero attached hydrogens (tertiary/aromatic N) is 1. The average Bonchev–Trinajstić information content (AvgIpc) is 2.88. The molecule has 0 radical (unpaired) electrons. The van der Waals surface area contributed by atoms with Crippen LogP contribution in [-0.4, -0.2) is 41.0 Å². The van der Waals surface area contributed by atoms with E-state index in [2.05, 4.69) is 5.32 Å². The predicted molar refractivity (Wildman–Crippen MR) is 141 cm³/mol. The van der Waals surface area contributed by atoms with Gasteiger partial charge in [0.25, 0.3) is 5.91 Å². The van der Waals surface area contributed by atoms with Crippen LogP contribution < -0.4 is 11.1 Å². The Morgan fingerprint density at radius 3 is 2.44 bits per heavy atom. The molecular formula is C29H32FN3O3. The number of carboxylic acids is 1. The summed E-state index contributed by atoms with van der Waals surface area (Å²) in [5.74, 6) is -1.42. The summed E-state index contributed by atoms with van der Waals surface area (Å²) in [5, 5.41) is 12.8. The van der Waals surface area contributed by atoms with E-state index in [9.17, 15) is 19.1 Å². The average molecular weight is 490 g/mol. The van der Waals surface area contributed by atoms with Gasteiger partial charge in [-0.05, 0) is 66.9 Å². The first-order valence-electron chi connectivity index (χ1n) is 12.0. The number of aliphatic carboxylic acids is 1. The number of halogens is 1. The summed E-state index contributed by atoms with van der Waals surface area (Å²) in [4.78, 5) is 26.4. The van der Waals surface area contributed by atoms with Gasteiger partial charge in [0.1, 0.15) is 11.9 Å². The minimum absolute atomic E-state index is 0.191. The van der Waals surface area contributed by atoms with E-state index in [4.69, 9.17) is 5.73 Å². The molecule has 3 rings (SSSR count). The van der Waals surface area contributed by atoms with Gasteiger partial charge in [-0.1, -0.05) is 61.0 Å². The summed E-state index contributed by atoms with van der Waals surface area (Å²) >= 11 is 0. The number of hydrogen-bond acceptors (Lipinski definition) is 4. The molecule has 4 N–H and O–H groups in total. The van der Waals surface area contributed by atoms with Crippen LogP contribution in [-0.2, 0) is 11.3 Å². The minimum atomic E-state index is -0.895. The van der Waals surface area contributed by atoms with Gasteiger partial charge in [-0.25, -0.2) is 4.39 Å². The van der Waals surface area contributed by atoms with Gasteiger partial charge < -0.3 is 16.2 Å². The van der Waals surface area contributed by atoms with Gasteiger partial charge in [0.15, 0.2) is 0 Å². The molecule has 3 aromatic carbocycles. The van der Waals surface area contributed by atoms with Gasteiger partial charge >= 0.3 is 5.97 Å². The second-order valence-corrected chi connectivity index (χ2v) is 8.54. The third-order valence-electron chi connectivity index (χ3n) is 5.79. The maximum atomic E-state index is 13.4. The summed E-state index contributed by atoms with van der Waals surface area (Å²) < 4.78 is 13.4. The monoisotopic (exact) mass is 489 g/mol. The second kappa shape index (κ2) is 13.9. The number of carboxylic acid groups (broad SMARTS) is 1. The molecule has 188 valence electrons. The van der Waals surface area contributed by atoms with Crippen LogP contribution >= 0.6 is 0 Å². The number of hydrogen-bond donors (Lipinski definition) is 3. The fourth-order valence-corrected chi connectivity index (χ4v) is 3.91. The Labute approximate surface area is 211 Å². The first-order valence-corrected chi connectivity index (χ1v) is 12.0. The molecule has 36 heavy (non-hydrogen) atoms. The van der Waals surface area contributed by atoms with Crippen molar-refractivity contribution < 1.29 is 19.1 Å². The zero-order valence-electron chi connectivity index (χ0n) is 20.1. The Kier molecular flexibility index (Phi) is 10.4. The molecule has 0 fully saturated rings. The van der Waals surface area contributed by atoms with Crippen molar-refractivity contribution in [2.75, 3.05) is 18.4 Å². The molecular weight excluding hydrogens is 457 g/mol. The van der Waals surface area contributed by atoms with E-state index in [0.717, 1.165) is 17.5 Å². The summed E-state index contributed by atoms with van der Waals surface area (Å²) in [7, 11) is 0. The fraction of sp³-hybridized carbons (Fsp3) is 0.241. The number of amides is 1. The highest BCUT2D eigenvalue weighted by Gasteiger charge is 2.24. The van der Waals surface area contributed by atoms with Crippen LogP contribution in [0.25, 0.3) is 6.08 Å². The van der Waals surface area contributed by atoms with E-state index < -0.39 is 12.0 Å². The molecule has 0 aliphatic heterocycles. The van der Waals surface area contributed by atoms with E-state index in [1.165, 1.54) is 12.1 Å². The molecule has 0 bridgehead atoms. The quantitative estimate of drug-likeness (QED) is 0.288. The third-order valence-corrected chi connectivity index (χ3v) is 5.79. The Morgan fingerprint density at radius 1 is 1.00 bits per heavy atom. The molecule has 0 aromatic heterocycles. The lowest BCUT2D eigenvalue weighted by atomic mass is 10.1. The molecule has 0 saturated heterocycles. The number of carbonyl (C=O) groups is 2. The molecule has 3 aromatic rings. The van der Waals surface area contributed by atoms with E-state index >= 15 is 0 Å². The lowest BCUT2D eigenvalue weighted by molar-refractivity contribution is -0.143. The topological polar surface area (TPSA) is 95.7 Å². The number of nitrogens with two attached hydrogens (primary N) is 1. The number of benzene rings is 3. The second-order valence-electron chi connectivity index (χ2n) is 8.54. The molecule has 0 aliphatic rings. The zero-order valence-corrected chi connectivity index (χ0v) is 20.1. The van der Waals surface area contributed by atoms with Gasteiger partial charge in [0, 0.05) is 24.3 Å². The normalized spacial score (nSPS) is 12.1. The molecule has 1 amide bonds. The number of carbonyl (C=O) groups excluding carboxylic acids is 1. The highest BCUT2D eigenvalue weighted by molar-refractivity contribution is 6.04. The first-order chi connectivity index (χ1) is 17.5. The van der Waals surface area contributed by atoms with Crippen molar-refractivity contribution in [3.05, 3.63) is 107 Å². The van der Waals surface area contributed by atoms with Crippen LogP contribution in [0.5, 0.6) is 0 Å². The smallest absolute Gasteiger partial charge is 0.320 e. The standard InChI is InChI=1S/C29H32FN3O3/c30-25-16-14-23(15-17-25)21-33(27(29(35)36)13-4-5-18-31)19-7-9-22-8-6-12-26(20-22)32-28(34)24-10-2-1-3-11-24/h1-3,6-12,14-17,20,27H,4-5,13,18-19,21,31H2,(H,32,34)(H,35,36)/b9-7+/t27-/m0/s1. The van der Waals surface area contributed by atoms with Crippen molar-refractivity contribution >= 4 is 23.6 Å². The lowest BCUT2D eigenvalue weighted by Crippen LogP contribution is -2.41. The molecule has 1 atom stereocenters. The van der Waals surface area contributed by atoms with Crippen LogP contribution in [0.3, 0.4) is 0 Å². The van der Waals surface area contributed by atoms with Crippen LogP contribution in [0, 0.1) is 5.82 Å². The van der Waals surface area contributed by atoms with E-state index in [1.807, 2.05) is 59.5 Å². The number of unbranched alkanes of at least 4 members (excludes halogenated alkanes) is 1. The van der Waals surface area contributed by atoms with E-state index in [0.29, 0.717) is 43.7 Å². The maximum Gasteiger partial charge on any atom is 0.320 e. The summed E-state index contributed by atoms with van der Waals surface area (Å²) in [6.07, 6.45) is 5.74. The largest absolute Gasteiger partial charge is 0.480 e. The Morgan fingerprint density at radius 2 is 1.75 bits per heavy atom. The molecule has 0 aliphatic carbocycles. The molecule has 6 nitrogen and oxygen atoms in total. The van der Waals surface area contributed by atoms with Gasteiger partial charge in [-0.2, -0.15) is 0 Å². The zero-order chi connectivity index (χ0) is 25.8. The number of nitrogens with one attached hydrogen (secondary N) is 1. The third kappa shape index (κ3) is 8.45. The SMILES string of the molecule is NCCCC[C@@H](C(=O)O)N(C/C=C/c1cccc(NC(=O)c2ccccc2)c1)Cc1ccc(F)cc1. The fourth-order valence-electron chi connectivity index (χ4n) is 3.91. The van der Waals surface area contributed by atoms with Crippen molar-refractivity contribution in [1.82, 2.24) is 4.90 Å². The molecule has 7 heteroatoms. The number of rotatable bonds is 13. The van der Waals surface area contributed by atoms with Crippen LogP contribution in [0.15, 0.2) is 84.9 Å². The van der Waals surface area contributed by atoms with Gasteiger partial charge in [0.2, 0.25) is 0 Å². The van der Waals surface area contributed by atoms with Gasteiger partial charge in [0.05, 0.1) is 0 Å². The van der Waals surface area contributed by atoms with E-state index in [1.54, 1.807) is 24.3 Å². The Balaban J connectivity index is 1.71.